The molecule has 0 spiro atoms. The summed E-state index contributed by atoms with van der Waals surface area (Å²) in [4.78, 5) is 0. The molecule has 0 aliphatic heterocycles. The summed E-state index contributed by atoms with van der Waals surface area (Å²) in [6.07, 6.45) is 0. The van der Waals surface area contributed by atoms with Crippen molar-refractivity contribution in [3.63, 3.8) is 0 Å². The van der Waals surface area contributed by atoms with Crippen molar-refractivity contribution in [1.29, 1.82) is 5.53 Å². The van der Waals surface area contributed by atoms with Crippen LogP contribution in [-0.4, -0.2) is 0 Å². The number of nitrogens with one attached hydrogen (secondary N) is 1. The van der Waals surface area contributed by atoms with E-state index in [9.17, 15) is 0 Å². The van der Waals surface area contributed by atoms with Gasteiger partial charge in [0, 0.05) is 0 Å². The monoisotopic (exact) mass is 134 g/mol. The lowest BCUT2D eigenvalue weighted by molar-refractivity contribution is 1.13. The summed E-state index contributed by atoms with van der Waals surface area (Å²) in [5.41, 5.74) is 9.81. The van der Waals surface area contributed by atoms with Gasteiger partial charge in [0.2, 0.25) is 0 Å². The molecule has 0 saturated carbocycles. The molecule has 0 saturated heterocycles. The third kappa shape index (κ3) is 1.21. The molecule has 1 aromatic rings. The number of rotatable bonds is 1. The average Bonchev–Trinajstić information content (AvgIpc) is 1.88. The predicted octanol–water partition coefficient (Wildman–Crippen LogP) is 2.97. The van der Waals surface area contributed by atoms with Crippen LogP contribution in [0.2, 0.25) is 0 Å². The Morgan fingerprint density at radius 1 is 1.30 bits per heavy atom. The zero-order chi connectivity index (χ0) is 7.56. The van der Waals surface area contributed by atoms with Crippen molar-refractivity contribution in [2.75, 3.05) is 0 Å². The summed E-state index contributed by atoms with van der Waals surface area (Å²) in [7, 11) is 0. The van der Waals surface area contributed by atoms with Crippen molar-refractivity contribution in [1.82, 2.24) is 0 Å². The largest absolute Gasteiger partial charge is 0.204 e. The van der Waals surface area contributed by atoms with Crippen LogP contribution in [0, 0.1) is 19.4 Å². The van der Waals surface area contributed by atoms with Crippen molar-refractivity contribution < 1.29 is 0 Å². The van der Waals surface area contributed by atoms with Crippen LogP contribution in [0.25, 0.3) is 0 Å². The van der Waals surface area contributed by atoms with Crippen molar-refractivity contribution >= 4 is 5.69 Å². The molecule has 0 bridgehead atoms. The highest BCUT2D eigenvalue weighted by Gasteiger charge is 1.93. The molecule has 0 atom stereocenters. The Bertz CT molecular complexity index is 253. The molecule has 1 aromatic carbocycles. The van der Waals surface area contributed by atoms with Gasteiger partial charge in [0.05, 0.1) is 5.69 Å². The second-order valence-electron chi connectivity index (χ2n) is 2.40. The van der Waals surface area contributed by atoms with Crippen molar-refractivity contribution in [2.45, 2.75) is 13.8 Å². The van der Waals surface area contributed by atoms with E-state index < -0.39 is 0 Å². The van der Waals surface area contributed by atoms with Crippen molar-refractivity contribution in [3.05, 3.63) is 29.3 Å². The highest BCUT2D eigenvalue weighted by molar-refractivity contribution is 5.45. The van der Waals surface area contributed by atoms with Crippen molar-refractivity contribution in [2.24, 2.45) is 5.11 Å². The van der Waals surface area contributed by atoms with Gasteiger partial charge in [-0.05, 0) is 25.5 Å². The average molecular weight is 134 g/mol. The quantitative estimate of drug-likeness (QED) is 0.573. The van der Waals surface area contributed by atoms with Gasteiger partial charge in [0.15, 0.2) is 0 Å². The molecule has 0 aliphatic carbocycles. The minimum absolute atomic E-state index is 0.755. The molecular weight excluding hydrogens is 124 g/mol. The van der Waals surface area contributed by atoms with Gasteiger partial charge in [-0.25, -0.2) is 5.53 Å². The minimum Gasteiger partial charge on any atom is -0.204 e. The summed E-state index contributed by atoms with van der Waals surface area (Å²) in [5, 5.41) is 3.36. The van der Waals surface area contributed by atoms with Gasteiger partial charge in [-0.2, -0.15) is 5.11 Å². The first-order valence-electron chi connectivity index (χ1n) is 3.19. The third-order valence-corrected chi connectivity index (χ3v) is 1.47. The number of nitrogens with zero attached hydrogens (tertiary/aromatic N) is 1. The van der Waals surface area contributed by atoms with Gasteiger partial charge in [0.25, 0.3) is 0 Å². The Labute approximate surface area is 60.4 Å². The summed E-state index contributed by atoms with van der Waals surface area (Å²) >= 11 is 0. The molecule has 52 valence electrons. The standard InChI is InChI=1S/C8H10N2/c1-6-3-4-8(10-9)7(2)5-6/h3-5,9H,1-2H3. The molecule has 0 unspecified atom stereocenters. The molecule has 0 amide bonds. The van der Waals surface area contributed by atoms with Gasteiger partial charge in [-0.15, -0.1) is 0 Å². The van der Waals surface area contributed by atoms with E-state index in [2.05, 4.69) is 5.11 Å². The number of aryl methyl sites for hydroxylation is 2. The lowest BCUT2D eigenvalue weighted by Gasteiger charge is -1.97. The van der Waals surface area contributed by atoms with E-state index in [1.165, 1.54) is 5.56 Å². The van der Waals surface area contributed by atoms with Crippen LogP contribution in [0.1, 0.15) is 11.1 Å². The maximum atomic E-state index is 6.78. The summed E-state index contributed by atoms with van der Waals surface area (Å²) < 4.78 is 0. The Balaban J connectivity index is 3.19. The topological polar surface area (TPSA) is 36.2 Å². The molecule has 0 radical (unpaired) electrons. The van der Waals surface area contributed by atoms with Crippen LogP contribution in [0.15, 0.2) is 23.3 Å². The summed E-state index contributed by atoms with van der Waals surface area (Å²) in [6, 6.07) is 5.84. The van der Waals surface area contributed by atoms with E-state index in [4.69, 9.17) is 5.53 Å². The molecule has 1 N–H and O–H groups in total. The first-order valence-corrected chi connectivity index (χ1v) is 3.19. The fourth-order valence-corrected chi connectivity index (χ4v) is 0.931. The Hall–Kier alpha value is -1.18. The maximum absolute atomic E-state index is 6.78. The van der Waals surface area contributed by atoms with E-state index in [0.717, 1.165) is 11.3 Å². The van der Waals surface area contributed by atoms with Gasteiger partial charge in [0.1, 0.15) is 0 Å². The molecule has 10 heavy (non-hydrogen) atoms. The van der Waals surface area contributed by atoms with E-state index in [1.807, 2.05) is 32.0 Å². The van der Waals surface area contributed by atoms with Gasteiger partial charge in [-0.1, -0.05) is 17.7 Å². The van der Waals surface area contributed by atoms with Crippen LogP contribution in [0.4, 0.5) is 5.69 Å². The molecule has 0 heterocycles. The first-order chi connectivity index (χ1) is 4.74. The highest BCUT2D eigenvalue weighted by Crippen LogP contribution is 2.18. The zero-order valence-electron chi connectivity index (χ0n) is 6.18. The van der Waals surface area contributed by atoms with Gasteiger partial charge in [-0.3, -0.25) is 0 Å². The van der Waals surface area contributed by atoms with Crippen LogP contribution < -0.4 is 0 Å². The fraction of sp³-hybridized carbons (Fsp3) is 0.250. The fourth-order valence-electron chi connectivity index (χ4n) is 0.931. The Kier molecular flexibility index (Phi) is 1.81. The molecule has 2 heteroatoms. The summed E-state index contributed by atoms with van der Waals surface area (Å²) in [5.74, 6) is 0. The molecule has 0 aromatic heterocycles. The number of hydrogen-bond acceptors (Lipinski definition) is 2. The first kappa shape index (κ1) is 6.93. The Morgan fingerprint density at radius 3 is 2.50 bits per heavy atom. The minimum atomic E-state index is 0.755. The third-order valence-electron chi connectivity index (χ3n) is 1.47. The second-order valence-corrected chi connectivity index (χ2v) is 2.40. The molecule has 0 aliphatic rings. The predicted molar refractivity (Wildman–Crippen MR) is 40.7 cm³/mol. The molecule has 1 rings (SSSR count). The maximum Gasteiger partial charge on any atom is 0.0879 e. The van der Waals surface area contributed by atoms with E-state index in [1.54, 1.807) is 0 Å². The normalized spacial score (nSPS) is 9.40. The lowest BCUT2D eigenvalue weighted by atomic mass is 10.1. The second kappa shape index (κ2) is 2.60. The summed E-state index contributed by atoms with van der Waals surface area (Å²) in [6.45, 7) is 3.99. The lowest BCUT2D eigenvalue weighted by Crippen LogP contribution is -1.75. The van der Waals surface area contributed by atoms with E-state index in [0.29, 0.717) is 0 Å². The highest BCUT2D eigenvalue weighted by atomic mass is 15.0. The molecular formula is C8H10N2. The Morgan fingerprint density at radius 2 is 2.00 bits per heavy atom. The molecule has 0 fully saturated rings. The van der Waals surface area contributed by atoms with Gasteiger partial charge >= 0.3 is 0 Å². The van der Waals surface area contributed by atoms with Gasteiger partial charge < -0.3 is 0 Å². The SMILES string of the molecule is Cc1ccc(N=N)c(C)c1. The smallest absolute Gasteiger partial charge is 0.0879 e. The van der Waals surface area contributed by atoms with E-state index >= 15 is 0 Å². The number of benzene rings is 1. The zero-order valence-corrected chi connectivity index (χ0v) is 6.18. The molecule has 2 nitrogen and oxygen atoms in total. The van der Waals surface area contributed by atoms with Crippen LogP contribution >= 0.6 is 0 Å². The van der Waals surface area contributed by atoms with Crippen LogP contribution in [-0.2, 0) is 0 Å². The van der Waals surface area contributed by atoms with Crippen LogP contribution in [0.3, 0.4) is 0 Å². The van der Waals surface area contributed by atoms with E-state index in [-0.39, 0.29) is 0 Å². The van der Waals surface area contributed by atoms with Crippen molar-refractivity contribution in [3.8, 4) is 0 Å². The van der Waals surface area contributed by atoms with Crippen LogP contribution in [0.5, 0.6) is 0 Å². The number of hydrogen-bond donors (Lipinski definition) is 1.